The second-order valence-electron chi connectivity index (χ2n) is 6.18. The van der Waals surface area contributed by atoms with Gasteiger partial charge in [-0.1, -0.05) is 18.1 Å². The predicted molar refractivity (Wildman–Crippen MR) is 73.0 cm³/mol. The van der Waals surface area contributed by atoms with Crippen molar-refractivity contribution < 1.29 is 4.79 Å². The molecule has 1 atom stereocenters. The molecule has 1 aromatic heterocycles. The van der Waals surface area contributed by atoms with Crippen LogP contribution < -0.4 is 0 Å². The van der Waals surface area contributed by atoms with E-state index in [1.807, 2.05) is 4.90 Å². The van der Waals surface area contributed by atoms with Crippen LogP contribution in [-0.2, 0) is 10.2 Å². The number of nitrogens with one attached hydrogen (secondary N) is 1. The fourth-order valence-corrected chi connectivity index (χ4v) is 3.53. The fourth-order valence-electron chi connectivity index (χ4n) is 3.53. The highest BCUT2D eigenvalue weighted by atomic mass is 16.2. The first-order valence-corrected chi connectivity index (χ1v) is 7.33. The molecule has 1 N–H and O–H groups in total. The molecule has 7 heteroatoms. The molecule has 1 saturated heterocycles. The van der Waals surface area contributed by atoms with Crippen molar-refractivity contribution in [1.82, 2.24) is 30.4 Å². The van der Waals surface area contributed by atoms with Crippen LogP contribution >= 0.6 is 0 Å². The van der Waals surface area contributed by atoms with Crippen molar-refractivity contribution >= 4 is 5.91 Å². The first kappa shape index (κ1) is 13.5. The number of hydrogen-bond donors (Lipinski definition) is 1. The third-order valence-corrected chi connectivity index (χ3v) is 4.82. The number of aromatic nitrogens is 4. The first-order valence-electron chi connectivity index (χ1n) is 7.33. The molecule has 0 bridgehead atoms. The topological polar surface area (TPSA) is 78.0 Å². The van der Waals surface area contributed by atoms with E-state index < -0.39 is 5.41 Å². The predicted octanol–water partition coefficient (Wildman–Crippen LogP) is 0.174. The summed E-state index contributed by atoms with van der Waals surface area (Å²) in [4.78, 5) is 17.2. The summed E-state index contributed by atoms with van der Waals surface area (Å²) in [5, 5.41) is 14.4. The lowest BCUT2D eigenvalue weighted by Gasteiger charge is -2.30. The van der Waals surface area contributed by atoms with Gasteiger partial charge >= 0.3 is 0 Å². The molecule has 3 rings (SSSR count). The van der Waals surface area contributed by atoms with Crippen molar-refractivity contribution in [2.45, 2.75) is 43.6 Å². The Morgan fingerprint density at radius 2 is 2.15 bits per heavy atom. The number of hydrogen-bond acceptors (Lipinski definition) is 5. The van der Waals surface area contributed by atoms with E-state index >= 15 is 0 Å². The van der Waals surface area contributed by atoms with E-state index in [1.54, 1.807) is 0 Å². The Morgan fingerprint density at radius 1 is 1.40 bits per heavy atom. The Kier molecular flexibility index (Phi) is 3.45. The molecule has 1 saturated carbocycles. The summed E-state index contributed by atoms with van der Waals surface area (Å²) in [5.41, 5.74) is -0.534. The molecule has 0 aromatic carbocycles. The summed E-state index contributed by atoms with van der Waals surface area (Å²) >= 11 is 0. The van der Waals surface area contributed by atoms with Crippen LogP contribution in [0.15, 0.2) is 0 Å². The average molecular weight is 278 g/mol. The summed E-state index contributed by atoms with van der Waals surface area (Å²) in [6.07, 6.45) is 4.85. The first-order chi connectivity index (χ1) is 9.63. The van der Waals surface area contributed by atoms with E-state index in [-0.39, 0.29) is 5.91 Å². The molecule has 0 radical (unpaired) electrons. The van der Waals surface area contributed by atoms with Crippen LogP contribution in [0.4, 0.5) is 0 Å². The Bertz CT molecular complexity index is 465. The minimum atomic E-state index is -0.534. The number of amides is 1. The number of carbonyl (C=O) groups excluding carboxylic acids is 1. The molecule has 1 aliphatic heterocycles. The minimum Gasteiger partial charge on any atom is -0.340 e. The Morgan fingerprint density at radius 3 is 2.70 bits per heavy atom. The van der Waals surface area contributed by atoms with Crippen molar-refractivity contribution in [3.63, 3.8) is 0 Å². The maximum Gasteiger partial charge on any atom is 0.236 e. The lowest BCUT2D eigenvalue weighted by Crippen LogP contribution is -2.46. The highest BCUT2D eigenvalue weighted by Gasteiger charge is 2.49. The molecule has 2 heterocycles. The summed E-state index contributed by atoms with van der Waals surface area (Å²) in [5.74, 6) is 0.772. The molecule has 7 nitrogen and oxygen atoms in total. The molecule has 1 aliphatic carbocycles. The number of tetrazole rings is 1. The molecular formula is C13H22N6O. The number of H-pyrrole nitrogens is 1. The van der Waals surface area contributed by atoms with E-state index in [0.717, 1.165) is 45.2 Å². The average Bonchev–Trinajstić information content (AvgIpc) is 3.18. The zero-order chi connectivity index (χ0) is 14.2. The standard InChI is InChI=1S/C13H22N6O/c1-18(2)10-5-8-19(9-10)12(20)13(6-3-4-7-13)11-14-16-17-15-11/h10H,3-9H2,1-2H3,(H,14,15,16,17). The van der Waals surface area contributed by atoms with Crippen molar-refractivity contribution in [3.05, 3.63) is 5.82 Å². The summed E-state index contributed by atoms with van der Waals surface area (Å²) in [6, 6.07) is 0.461. The molecule has 1 unspecified atom stereocenters. The van der Waals surface area contributed by atoms with Gasteiger partial charge in [-0.25, -0.2) is 0 Å². The third kappa shape index (κ3) is 2.09. The Balaban J connectivity index is 1.81. The largest absolute Gasteiger partial charge is 0.340 e. The molecule has 1 aromatic rings. The van der Waals surface area contributed by atoms with Gasteiger partial charge in [0.2, 0.25) is 5.91 Å². The van der Waals surface area contributed by atoms with Gasteiger partial charge in [0, 0.05) is 19.1 Å². The van der Waals surface area contributed by atoms with E-state index in [1.165, 1.54) is 0 Å². The number of aromatic amines is 1. The van der Waals surface area contributed by atoms with Crippen LogP contribution in [0.2, 0.25) is 0 Å². The van der Waals surface area contributed by atoms with Gasteiger partial charge in [0.05, 0.1) is 0 Å². The summed E-state index contributed by atoms with van der Waals surface area (Å²) < 4.78 is 0. The number of likely N-dealkylation sites (tertiary alicyclic amines) is 1. The van der Waals surface area contributed by atoms with E-state index in [4.69, 9.17) is 0 Å². The third-order valence-electron chi connectivity index (χ3n) is 4.82. The number of carbonyl (C=O) groups is 1. The van der Waals surface area contributed by atoms with E-state index in [9.17, 15) is 4.79 Å². The molecule has 2 fully saturated rings. The van der Waals surface area contributed by atoms with Crippen LogP contribution in [0.5, 0.6) is 0 Å². The summed E-state index contributed by atoms with van der Waals surface area (Å²) in [6.45, 7) is 1.65. The number of likely N-dealkylation sites (N-methyl/N-ethyl adjacent to an activating group) is 1. The smallest absolute Gasteiger partial charge is 0.236 e. The van der Waals surface area contributed by atoms with Gasteiger partial charge in [-0.05, 0) is 33.4 Å². The van der Waals surface area contributed by atoms with Crippen molar-refractivity contribution in [1.29, 1.82) is 0 Å². The van der Waals surface area contributed by atoms with Crippen LogP contribution in [0.25, 0.3) is 0 Å². The Hall–Kier alpha value is -1.50. The minimum absolute atomic E-state index is 0.195. The van der Waals surface area contributed by atoms with Crippen LogP contribution in [0.1, 0.15) is 37.9 Å². The second-order valence-corrected chi connectivity index (χ2v) is 6.18. The normalized spacial score (nSPS) is 25.6. The van der Waals surface area contributed by atoms with Crippen molar-refractivity contribution in [2.24, 2.45) is 0 Å². The monoisotopic (exact) mass is 278 g/mol. The summed E-state index contributed by atoms with van der Waals surface area (Å²) in [7, 11) is 4.15. The quantitative estimate of drug-likeness (QED) is 0.853. The molecular weight excluding hydrogens is 256 g/mol. The van der Waals surface area contributed by atoms with Gasteiger partial charge in [0.1, 0.15) is 5.41 Å². The lowest BCUT2D eigenvalue weighted by molar-refractivity contribution is -0.136. The Labute approximate surface area is 118 Å². The molecule has 1 amide bonds. The van der Waals surface area contributed by atoms with E-state index in [2.05, 4.69) is 39.6 Å². The SMILES string of the molecule is CN(C)C1CCN(C(=O)C2(c3nn[nH]n3)CCCC2)C1. The maximum absolute atomic E-state index is 13.0. The van der Waals surface area contributed by atoms with E-state index in [0.29, 0.717) is 11.9 Å². The highest BCUT2D eigenvalue weighted by Crippen LogP contribution is 2.41. The van der Waals surface area contributed by atoms with Crippen molar-refractivity contribution in [2.75, 3.05) is 27.2 Å². The van der Waals surface area contributed by atoms with Gasteiger partial charge in [0.15, 0.2) is 5.82 Å². The second kappa shape index (κ2) is 5.12. The van der Waals surface area contributed by atoms with Crippen LogP contribution in [0, 0.1) is 0 Å². The molecule has 20 heavy (non-hydrogen) atoms. The van der Waals surface area contributed by atoms with Gasteiger partial charge in [-0.2, -0.15) is 5.21 Å². The lowest BCUT2D eigenvalue weighted by atomic mass is 9.83. The zero-order valence-corrected chi connectivity index (χ0v) is 12.2. The number of nitrogens with zero attached hydrogens (tertiary/aromatic N) is 5. The van der Waals surface area contributed by atoms with Gasteiger partial charge in [-0.15, -0.1) is 10.2 Å². The molecule has 0 spiro atoms. The van der Waals surface area contributed by atoms with Gasteiger partial charge < -0.3 is 9.80 Å². The maximum atomic E-state index is 13.0. The van der Waals surface area contributed by atoms with Crippen molar-refractivity contribution in [3.8, 4) is 0 Å². The zero-order valence-electron chi connectivity index (χ0n) is 12.2. The highest BCUT2D eigenvalue weighted by molar-refractivity contribution is 5.88. The van der Waals surface area contributed by atoms with Crippen LogP contribution in [-0.4, -0.2) is 69.6 Å². The molecule has 110 valence electrons. The van der Waals surface area contributed by atoms with Crippen LogP contribution in [0.3, 0.4) is 0 Å². The van der Waals surface area contributed by atoms with Gasteiger partial charge in [-0.3, -0.25) is 4.79 Å². The fraction of sp³-hybridized carbons (Fsp3) is 0.846. The molecule has 2 aliphatic rings. The number of rotatable bonds is 3. The van der Waals surface area contributed by atoms with Gasteiger partial charge in [0.25, 0.3) is 0 Å².